The van der Waals surface area contributed by atoms with Crippen LogP contribution in [0.5, 0.6) is 5.75 Å². The van der Waals surface area contributed by atoms with Crippen molar-refractivity contribution in [3.8, 4) is 18.0 Å². The predicted octanol–water partition coefficient (Wildman–Crippen LogP) is 1.22. The number of ether oxygens (including phenoxy) is 1. The third-order valence-corrected chi connectivity index (χ3v) is 5.14. The van der Waals surface area contributed by atoms with Crippen LogP contribution in [-0.2, 0) is 6.54 Å². The van der Waals surface area contributed by atoms with Gasteiger partial charge in [0.05, 0.1) is 24.3 Å². The predicted molar refractivity (Wildman–Crippen MR) is 120 cm³/mol. The van der Waals surface area contributed by atoms with Crippen molar-refractivity contribution in [1.82, 2.24) is 20.1 Å². The summed E-state index contributed by atoms with van der Waals surface area (Å²) in [4.78, 5) is 19.2. The Morgan fingerprint density at radius 3 is 2.82 bits per heavy atom. The van der Waals surface area contributed by atoms with Gasteiger partial charge >= 0.3 is 5.69 Å². The molecule has 170 valence electrons. The van der Waals surface area contributed by atoms with Gasteiger partial charge in [0.2, 0.25) is 5.96 Å². The molecule has 0 saturated carbocycles. The number of rotatable bonds is 5. The fraction of sp³-hybridized carbons (Fsp3) is 0.150. The number of nitrogens with one attached hydrogen (secondary N) is 2. The van der Waals surface area contributed by atoms with Gasteiger partial charge in [0, 0.05) is 11.1 Å². The Hall–Kier alpha value is -5.37. The van der Waals surface area contributed by atoms with Gasteiger partial charge in [-0.3, -0.25) is 20.1 Å². The number of nitriles is 2. The summed E-state index contributed by atoms with van der Waals surface area (Å²) in [5.41, 5.74) is 13.9. The summed E-state index contributed by atoms with van der Waals surface area (Å²) >= 11 is 0. The minimum Gasteiger partial charge on any atom is -0.496 e. The molecule has 0 aliphatic carbocycles. The SMILES string of the molecule is COc1ccc(C2N=C(NC#N)Nc3nc(N)c(C#N)c(N)c32)cc1Cn1cc([N+](=O)[O-])cn1. The first-order valence-corrected chi connectivity index (χ1v) is 9.68. The van der Waals surface area contributed by atoms with E-state index in [9.17, 15) is 15.4 Å². The number of nitrogens with zero attached hydrogens (tertiary/aromatic N) is 7. The molecule has 0 spiro atoms. The first-order valence-electron chi connectivity index (χ1n) is 9.68. The lowest BCUT2D eigenvalue weighted by molar-refractivity contribution is -0.385. The van der Waals surface area contributed by atoms with Gasteiger partial charge in [-0.15, -0.1) is 0 Å². The van der Waals surface area contributed by atoms with Crippen molar-refractivity contribution in [2.75, 3.05) is 23.9 Å². The Bertz CT molecular complexity index is 1410. The summed E-state index contributed by atoms with van der Waals surface area (Å²) in [5, 5.41) is 38.8. The van der Waals surface area contributed by atoms with E-state index in [4.69, 9.17) is 21.5 Å². The monoisotopic (exact) mass is 459 g/mol. The summed E-state index contributed by atoms with van der Waals surface area (Å²) in [6.07, 6.45) is 4.26. The molecule has 0 radical (unpaired) electrons. The maximum Gasteiger partial charge on any atom is 0.307 e. The minimum atomic E-state index is -0.746. The number of nitrogens with two attached hydrogens (primary N) is 2. The van der Waals surface area contributed by atoms with Gasteiger partial charge in [-0.1, -0.05) is 6.07 Å². The highest BCUT2D eigenvalue weighted by Gasteiger charge is 2.30. The average molecular weight is 459 g/mol. The quantitative estimate of drug-likeness (QED) is 0.184. The van der Waals surface area contributed by atoms with Gasteiger partial charge in [0.25, 0.3) is 0 Å². The molecule has 0 fully saturated rings. The Balaban J connectivity index is 1.83. The Kier molecular flexibility index (Phi) is 5.55. The second kappa shape index (κ2) is 8.64. The van der Waals surface area contributed by atoms with E-state index in [1.54, 1.807) is 24.4 Å². The molecule has 2 aromatic heterocycles. The highest BCUT2D eigenvalue weighted by molar-refractivity contribution is 5.98. The molecule has 0 amide bonds. The molecule has 6 N–H and O–H groups in total. The van der Waals surface area contributed by atoms with Crippen molar-refractivity contribution >= 4 is 29.0 Å². The lowest BCUT2D eigenvalue weighted by Crippen LogP contribution is -2.32. The number of nitro groups is 1. The molecule has 14 nitrogen and oxygen atoms in total. The molecule has 1 atom stereocenters. The molecule has 1 aliphatic heterocycles. The number of aliphatic imine (C=N–C) groups is 1. The van der Waals surface area contributed by atoms with Crippen LogP contribution in [0.15, 0.2) is 35.6 Å². The van der Waals surface area contributed by atoms with Gasteiger partial charge in [-0.2, -0.15) is 15.6 Å². The number of anilines is 3. The average Bonchev–Trinajstić information content (AvgIpc) is 3.28. The van der Waals surface area contributed by atoms with Crippen LogP contribution < -0.4 is 26.8 Å². The molecular weight excluding hydrogens is 442 g/mol. The fourth-order valence-electron chi connectivity index (χ4n) is 3.62. The van der Waals surface area contributed by atoms with Crippen LogP contribution in [0.25, 0.3) is 0 Å². The smallest absolute Gasteiger partial charge is 0.307 e. The van der Waals surface area contributed by atoms with Crippen LogP contribution in [0.1, 0.15) is 28.3 Å². The van der Waals surface area contributed by atoms with Crippen LogP contribution in [0.3, 0.4) is 0 Å². The van der Waals surface area contributed by atoms with Crippen molar-refractivity contribution in [2.45, 2.75) is 12.6 Å². The first kappa shape index (κ1) is 21.8. The fourth-order valence-corrected chi connectivity index (χ4v) is 3.62. The number of pyridine rings is 1. The zero-order valence-corrected chi connectivity index (χ0v) is 17.7. The van der Waals surface area contributed by atoms with E-state index in [0.717, 1.165) is 6.20 Å². The minimum absolute atomic E-state index is 0.0232. The van der Waals surface area contributed by atoms with Crippen molar-refractivity contribution in [1.29, 1.82) is 10.5 Å². The van der Waals surface area contributed by atoms with E-state index in [0.29, 0.717) is 22.4 Å². The van der Waals surface area contributed by atoms with Gasteiger partial charge < -0.3 is 21.5 Å². The number of methoxy groups -OCH3 is 1. The number of nitrogen functional groups attached to an aromatic ring is 2. The largest absolute Gasteiger partial charge is 0.496 e. The van der Waals surface area contributed by atoms with Crippen molar-refractivity contribution in [3.05, 3.63) is 63.0 Å². The Morgan fingerprint density at radius 1 is 1.38 bits per heavy atom. The molecule has 4 rings (SSSR count). The molecular formula is C20H17N11O3. The van der Waals surface area contributed by atoms with E-state index in [2.05, 4.69) is 25.7 Å². The van der Waals surface area contributed by atoms with Crippen molar-refractivity contribution in [2.24, 2.45) is 4.99 Å². The summed E-state index contributed by atoms with van der Waals surface area (Å²) < 4.78 is 6.85. The van der Waals surface area contributed by atoms with Crippen LogP contribution in [0.4, 0.5) is 23.0 Å². The Labute approximate surface area is 192 Å². The van der Waals surface area contributed by atoms with Crippen molar-refractivity contribution in [3.63, 3.8) is 0 Å². The van der Waals surface area contributed by atoms with Crippen LogP contribution in [0.2, 0.25) is 0 Å². The van der Waals surface area contributed by atoms with Crippen LogP contribution in [-0.4, -0.2) is 32.8 Å². The normalized spacial score (nSPS) is 14.1. The molecule has 1 aliphatic rings. The number of guanidine groups is 1. The third-order valence-electron chi connectivity index (χ3n) is 5.14. The summed E-state index contributed by atoms with van der Waals surface area (Å²) in [5.74, 6) is 0.846. The highest BCUT2D eigenvalue weighted by atomic mass is 16.6. The molecule has 0 saturated heterocycles. The highest BCUT2D eigenvalue weighted by Crippen LogP contribution is 2.41. The van der Waals surface area contributed by atoms with Gasteiger partial charge in [-0.05, 0) is 17.7 Å². The molecule has 14 heteroatoms. The van der Waals surface area contributed by atoms with Crippen molar-refractivity contribution < 1.29 is 9.66 Å². The van der Waals surface area contributed by atoms with Crippen LogP contribution >= 0.6 is 0 Å². The number of benzene rings is 1. The second-order valence-electron chi connectivity index (χ2n) is 7.13. The number of fused-ring (bicyclic) bond motifs is 1. The van der Waals surface area contributed by atoms with Crippen LogP contribution in [0, 0.1) is 32.9 Å². The maximum atomic E-state index is 11.0. The molecule has 3 heterocycles. The Morgan fingerprint density at radius 2 is 2.18 bits per heavy atom. The maximum absolute atomic E-state index is 11.0. The summed E-state index contributed by atoms with van der Waals surface area (Å²) in [7, 11) is 1.50. The van der Waals surface area contributed by atoms with E-state index < -0.39 is 11.0 Å². The van der Waals surface area contributed by atoms with E-state index >= 15 is 0 Å². The van der Waals surface area contributed by atoms with E-state index in [1.807, 2.05) is 6.07 Å². The standard InChI is InChI=1S/C20H17N11O3/c1-34-14-3-2-10(4-11(14)7-30-8-12(6-26-30)31(32)33)17-15-16(23)13(5-21)18(24)28-19(15)29-20(27-17)25-9-22/h2-4,6,8,17H,7H2,1H3,(H6,23,24,25,27,28,29). The zero-order valence-electron chi connectivity index (χ0n) is 17.7. The van der Waals surface area contributed by atoms with E-state index in [1.165, 1.54) is 18.0 Å². The number of hydrogen-bond acceptors (Lipinski definition) is 12. The number of hydrogen-bond donors (Lipinski definition) is 4. The topological polar surface area (TPSA) is 219 Å². The summed E-state index contributed by atoms with van der Waals surface area (Å²) in [6.45, 7) is 0.175. The molecule has 3 aromatic rings. The molecule has 1 aromatic carbocycles. The zero-order chi connectivity index (χ0) is 24.4. The molecule has 34 heavy (non-hydrogen) atoms. The first-order chi connectivity index (χ1) is 16.4. The summed E-state index contributed by atoms with van der Waals surface area (Å²) in [6, 6.07) is 6.45. The second-order valence-corrected chi connectivity index (χ2v) is 7.13. The number of aromatic nitrogens is 3. The lowest BCUT2D eigenvalue weighted by atomic mass is 9.94. The molecule has 1 unspecified atom stereocenters. The molecule has 0 bridgehead atoms. The lowest BCUT2D eigenvalue weighted by Gasteiger charge is -2.26. The van der Waals surface area contributed by atoms with Gasteiger partial charge in [0.1, 0.15) is 47.5 Å². The third kappa shape index (κ3) is 3.82. The van der Waals surface area contributed by atoms with Gasteiger partial charge in [0.15, 0.2) is 6.19 Å². The van der Waals surface area contributed by atoms with E-state index in [-0.39, 0.29) is 41.1 Å². The van der Waals surface area contributed by atoms with Gasteiger partial charge in [-0.25, -0.2) is 9.98 Å².